The highest BCUT2D eigenvalue weighted by Gasteiger charge is 2.40. The third-order valence-electron chi connectivity index (χ3n) is 4.46. The van der Waals surface area contributed by atoms with Crippen LogP contribution in [0.2, 0.25) is 0 Å². The third kappa shape index (κ3) is 4.47. The molecule has 2 fully saturated rings. The number of nitrogens with one attached hydrogen (secondary N) is 2. The van der Waals surface area contributed by atoms with Gasteiger partial charge in [-0.2, -0.15) is 0 Å². The molecule has 0 heterocycles. The summed E-state index contributed by atoms with van der Waals surface area (Å²) < 4.78 is 0. The Morgan fingerprint density at radius 2 is 1.65 bits per heavy atom. The minimum Gasteiger partial charge on any atom is -0.388 e. The molecule has 5 nitrogen and oxygen atoms in total. The van der Waals surface area contributed by atoms with E-state index in [1.807, 2.05) is 0 Å². The van der Waals surface area contributed by atoms with Crippen LogP contribution in [0.4, 0.5) is 0 Å². The number of aliphatic hydroxyl groups is 1. The molecule has 0 aromatic carbocycles. The van der Waals surface area contributed by atoms with E-state index >= 15 is 0 Å². The van der Waals surface area contributed by atoms with Crippen LogP contribution in [-0.2, 0) is 9.59 Å². The normalized spacial score (nSPS) is 23.5. The molecule has 1 unspecified atom stereocenters. The predicted octanol–water partition coefficient (Wildman–Crippen LogP) is 1.10. The summed E-state index contributed by atoms with van der Waals surface area (Å²) in [4.78, 5) is 23.6. The van der Waals surface area contributed by atoms with Crippen molar-refractivity contribution in [3.8, 4) is 0 Å². The van der Waals surface area contributed by atoms with E-state index in [4.69, 9.17) is 0 Å². The fourth-order valence-electron chi connectivity index (χ4n) is 2.86. The van der Waals surface area contributed by atoms with E-state index in [-0.39, 0.29) is 18.5 Å². The van der Waals surface area contributed by atoms with Crippen molar-refractivity contribution in [3.63, 3.8) is 0 Å². The average molecular weight is 282 g/mol. The van der Waals surface area contributed by atoms with E-state index in [0.29, 0.717) is 0 Å². The molecule has 0 aromatic rings. The van der Waals surface area contributed by atoms with Gasteiger partial charge in [-0.3, -0.25) is 9.59 Å². The lowest BCUT2D eigenvalue weighted by molar-refractivity contribution is -0.140. The van der Waals surface area contributed by atoms with Gasteiger partial charge in [-0.15, -0.1) is 0 Å². The van der Waals surface area contributed by atoms with Crippen molar-refractivity contribution < 1.29 is 14.7 Å². The van der Waals surface area contributed by atoms with Crippen LogP contribution in [0.3, 0.4) is 0 Å². The highest BCUT2D eigenvalue weighted by Crippen LogP contribution is 2.38. The molecule has 5 heteroatoms. The second-order valence-electron chi connectivity index (χ2n) is 6.48. The Kier molecular flexibility index (Phi) is 5.02. The Labute approximate surface area is 120 Å². The third-order valence-corrected chi connectivity index (χ3v) is 4.46. The summed E-state index contributed by atoms with van der Waals surface area (Å²) >= 11 is 0. The first-order valence-corrected chi connectivity index (χ1v) is 7.80. The van der Waals surface area contributed by atoms with Crippen LogP contribution in [-0.4, -0.2) is 35.1 Å². The fraction of sp³-hybridized carbons (Fsp3) is 0.867. The van der Waals surface area contributed by atoms with E-state index < -0.39 is 17.4 Å². The standard InChI is InChI=1S/C15H26N2O3/c1-15(20,11-8-9-11)10-16-13(18)14(19)17-12-6-4-2-3-5-7-12/h11-12,20H,2-10H2,1H3,(H,16,18)(H,17,19). The Balaban J connectivity index is 1.72. The monoisotopic (exact) mass is 282 g/mol. The van der Waals surface area contributed by atoms with Gasteiger partial charge >= 0.3 is 11.8 Å². The second-order valence-corrected chi connectivity index (χ2v) is 6.48. The van der Waals surface area contributed by atoms with Crippen LogP contribution in [0.1, 0.15) is 58.3 Å². The van der Waals surface area contributed by atoms with Crippen molar-refractivity contribution in [1.82, 2.24) is 10.6 Å². The number of hydrogen-bond donors (Lipinski definition) is 3. The predicted molar refractivity (Wildman–Crippen MR) is 76.0 cm³/mol. The number of rotatable bonds is 4. The number of hydrogen-bond acceptors (Lipinski definition) is 3. The van der Waals surface area contributed by atoms with E-state index in [1.54, 1.807) is 6.92 Å². The lowest BCUT2D eigenvalue weighted by atomic mass is 10.0. The van der Waals surface area contributed by atoms with Crippen LogP contribution in [0, 0.1) is 5.92 Å². The van der Waals surface area contributed by atoms with Gasteiger partial charge in [-0.25, -0.2) is 0 Å². The number of amides is 2. The Bertz CT molecular complexity index is 356. The maximum absolute atomic E-state index is 11.8. The summed E-state index contributed by atoms with van der Waals surface area (Å²) in [5, 5.41) is 15.5. The molecule has 1 atom stereocenters. The van der Waals surface area contributed by atoms with Crippen LogP contribution in [0.15, 0.2) is 0 Å². The van der Waals surface area contributed by atoms with Crippen LogP contribution in [0.25, 0.3) is 0 Å². The van der Waals surface area contributed by atoms with Gasteiger partial charge in [0.2, 0.25) is 0 Å². The van der Waals surface area contributed by atoms with E-state index in [0.717, 1.165) is 38.5 Å². The largest absolute Gasteiger partial charge is 0.388 e. The molecule has 0 aliphatic heterocycles. The fourth-order valence-corrected chi connectivity index (χ4v) is 2.86. The van der Waals surface area contributed by atoms with Gasteiger partial charge in [0.25, 0.3) is 0 Å². The first-order chi connectivity index (χ1) is 9.49. The zero-order valence-electron chi connectivity index (χ0n) is 12.3. The lowest BCUT2D eigenvalue weighted by Crippen LogP contribution is -2.49. The van der Waals surface area contributed by atoms with Crippen molar-refractivity contribution in [3.05, 3.63) is 0 Å². The molecule has 3 N–H and O–H groups in total. The molecule has 2 amide bonds. The Morgan fingerprint density at radius 1 is 1.05 bits per heavy atom. The molecule has 114 valence electrons. The van der Waals surface area contributed by atoms with Crippen LogP contribution in [0.5, 0.6) is 0 Å². The maximum Gasteiger partial charge on any atom is 0.309 e. The van der Waals surface area contributed by atoms with Gasteiger partial charge in [0.05, 0.1) is 5.60 Å². The molecule has 2 aliphatic carbocycles. The molecule has 2 rings (SSSR count). The lowest BCUT2D eigenvalue weighted by Gasteiger charge is -2.23. The molecule has 0 spiro atoms. The molecule has 0 aromatic heterocycles. The summed E-state index contributed by atoms with van der Waals surface area (Å²) in [5.74, 6) is -0.939. The summed E-state index contributed by atoms with van der Waals surface area (Å²) in [5.41, 5.74) is -0.891. The highest BCUT2D eigenvalue weighted by atomic mass is 16.3. The average Bonchev–Trinajstić information content (AvgIpc) is 3.23. The van der Waals surface area contributed by atoms with Crippen molar-refractivity contribution in [2.45, 2.75) is 69.9 Å². The topological polar surface area (TPSA) is 78.4 Å². The van der Waals surface area contributed by atoms with E-state index in [2.05, 4.69) is 10.6 Å². The van der Waals surface area contributed by atoms with Crippen molar-refractivity contribution in [2.75, 3.05) is 6.54 Å². The van der Waals surface area contributed by atoms with Crippen LogP contribution < -0.4 is 10.6 Å². The SMILES string of the molecule is CC(O)(CNC(=O)C(=O)NC1CCCCCC1)C1CC1. The van der Waals surface area contributed by atoms with Gasteiger partial charge in [0.1, 0.15) is 0 Å². The number of carbonyl (C=O) groups excluding carboxylic acids is 2. The summed E-state index contributed by atoms with van der Waals surface area (Å²) in [6, 6.07) is 0.125. The molecule has 20 heavy (non-hydrogen) atoms. The minimum absolute atomic E-state index is 0.125. The van der Waals surface area contributed by atoms with Gasteiger partial charge in [0, 0.05) is 12.6 Å². The van der Waals surface area contributed by atoms with Crippen molar-refractivity contribution in [2.24, 2.45) is 5.92 Å². The molecule has 0 bridgehead atoms. The zero-order valence-corrected chi connectivity index (χ0v) is 12.3. The maximum atomic E-state index is 11.8. The summed E-state index contributed by atoms with van der Waals surface area (Å²) in [6.07, 6.45) is 8.56. The molecular weight excluding hydrogens is 256 g/mol. The molecule has 0 radical (unpaired) electrons. The molecule has 0 saturated heterocycles. The van der Waals surface area contributed by atoms with Gasteiger partial charge < -0.3 is 15.7 Å². The number of carbonyl (C=O) groups is 2. The van der Waals surface area contributed by atoms with Gasteiger partial charge in [-0.1, -0.05) is 25.7 Å². The van der Waals surface area contributed by atoms with Gasteiger partial charge in [-0.05, 0) is 38.5 Å². The molecule has 2 aliphatic rings. The zero-order chi connectivity index (χ0) is 14.6. The first-order valence-electron chi connectivity index (χ1n) is 7.80. The highest BCUT2D eigenvalue weighted by molar-refractivity contribution is 6.35. The molecular formula is C15H26N2O3. The Morgan fingerprint density at radius 3 is 2.20 bits per heavy atom. The smallest absolute Gasteiger partial charge is 0.309 e. The molecule has 2 saturated carbocycles. The minimum atomic E-state index is -0.891. The van der Waals surface area contributed by atoms with Gasteiger partial charge in [0.15, 0.2) is 0 Å². The second kappa shape index (κ2) is 6.57. The van der Waals surface area contributed by atoms with E-state index in [9.17, 15) is 14.7 Å². The van der Waals surface area contributed by atoms with Crippen molar-refractivity contribution >= 4 is 11.8 Å². The quantitative estimate of drug-likeness (QED) is 0.534. The summed E-state index contributed by atoms with van der Waals surface area (Å²) in [6.45, 7) is 1.86. The van der Waals surface area contributed by atoms with E-state index in [1.165, 1.54) is 12.8 Å². The summed E-state index contributed by atoms with van der Waals surface area (Å²) in [7, 11) is 0. The Hall–Kier alpha value is -1.10. The van der Waals surface area contributed by atoms with Crippen LogP contribution >= 0.6 is 0 Å². The van der Waals surface area contributed by atoms with Crippen molar-refractivity contribution in [1.29, 1.82) is 0 Å². The first kappa shape index (κ1) is 15.3.